The molecule has 0 spiro atoms. The zero-order chi connectivity index (χ0) is 14.7. The van der Waals surface area contributed by atoms with Crippen molar-refractivity contribution in [2.45, 2.75) is 50.8 Å². The van der Waals surface area contributed by atoms with E-state index in [2.05, 4.69) is 12.2 Å². The summed E-state index contributed by atoms with van der Waals surface area (Å²) in [7, 11) is 3.83. The van der Waals surface area contributed by atoms with Crippen LogP contribution in [0.15, 0.2) is 18.2 Å². The molecule has 2 N–H and O–H groups in total. The fraction of sp³-hybridized carbons (Fsp3) is 0.625. The Kier molecular flexibility index (Phi) is 5.00. The van der Waals surface area contributed by atoms with Crippen LogP contribution in [-0.4, -0.2) is 31.3 Å². The lowest BCUT2D eigenvalue weighted by Crippen LogP contribution is -2.43. The van der Waals surface area contributed by atoms with Crippen molar-refractivity contribution in [3.63, 3.8) is 0 Å². The van der Waals surface area contributed by atoms with Crippen LogP contribution in [0, 0.1) is 5.82 Å². The molecule has 3 atom stereocenters. The normalized spacial score (nSPS) is 24.4. The Morgan fingerprint density at radius 2 is 2.00 bits per heavy atom. The minimum Gasteiger partial charge on any atom is -0.392 e. The number of hydrogen-bond acceptors (Lipinski definition) is 3. The van der Waals surface area contributed by atoms with Crippen molar-refractivity contribution in [1.29, 1.82) is 0 Å². The number of halogens is 1. The maximum absolute atomic E-state index is 13.4. The largest absolute Gasteiger partial charge is 0.392 e. The molecule has 1 aromatic carbocycles. The van der Waals surface area contributed by atoms with Crippen molar-refractivity contribution >= 4 is 5.69 Å². The Morgan fingerprint density at radius 1 is 1.30 bits per heavy atom. The summed E-state index contributed by atoms with van der Waals surface area (Å²) >= 11 is 0. The van der Waals surface area contributed by atoms with Crippen molar-refractivity contribution in [2.24, 2.45) is 0 Å². The van der Waals surface area contributed by atoms with Crippen LogP contribution < -0.4 is 10.2 Å². The average Bonchev–Trinajstić information content (AvgIpc) is 2.41. The molecule has 1 fully saturated rings. The molecule has 3 unspecified atom stereocenters. The first-order valence-electron chi connectivity index (χ1n) is 7.40. The van der Waals surface area contributed by atoms with E-state index in [1.807, 2.05) is 25.1 Å². The summed E-state index contributed by atoms with van der Waals surface area (Å²) in [6.07, 6.45) is 3.87. The summed E-state index contributed by atoms with van der Waals surface area (Å²) in [4.78, 5) is 1.92. The third-order valence-corrected chi connectivity index (χ3v) is 4.13. The lowest BCUT2D eigenvalue weighted by molar-refractivity contribution is 0.0860. The maximum atomic E-state index is 13.4. The second-order valence-corrected chi connectivity index (χ2v) is 5.94. The summed E-state index contributed by atoms with van der Waals surface area (Å²) in [5.41, 5.74) is 1.95. The van der Waals surface area contributed by atoms with Crippen LogP contribution in [0.4, 0.5) is 10.1 Å². The lowest BCUT2D eigenvalue weighted by atomic mass is 9.91. The van der Waals surface area contributed by atoms with Gasteiger partial charge in [-0.15, -0.1) is 0 Å². The van der Waals surface area contributed by atoms with Crippen molar-refractivity contribution in [3.8, 4) is 0 Å². The van der Waals surface area contributed by atoms with E-state index in [1.165, 1.54) is 6.07 Å². The van der Waals surface area contributed by atoms with E-state index in [4.69, 9.17) is 0 Å². The molecule has 0 aromatic heterocycles. The monoisotopic (exact) mass is 280 g/mol. The third kappa shape index (κ3) is 3.49. The molecule has 0 heterocycles. The lowest BCUT2D eigenvalue weighted by Gasteiger charge is -2.32. The average molecular weight is 280 g/mol. The van der Waals surface area contributed by atoms with Crippen LogP contribution >= 0.6 is 0 Å². The van der Waals surface area contributed by atoms with E-state index in [1.54, 1.807) is 6.07 Å². The van der Waals surface area contributed by atoms with Crippen LogP contribution in [0.1, 0.15) is 44.2 Å². The molecule has 0 saturated heterocycles. The summed E-state index contributed by atoms with van der Waals surface area (Å²) in [6.45, 7) is 2.07. The highest BCUT2D eigenvalue weighted by Gasteiger charge is 2.25. The molecule has 2 rings (SSSR count). The topological polar surface area (TPSA) is 35.5 Å². The summed E-state index contributed by atoms with van der Waals surface area (Å²) in [5.74, 6) is -0.220. The number of aliphatic hydroxyl groups is 1. The SMILES string of the molecule is CC(NC1CCCCC1O)c1ccc(F)cc1N(C)C. The Labute approximate surface area is 120 Å². The zero-order valence-electron chi connectivity index (χ0n) is 12.6. The van der Waals surface area contributed by atoms with Gasteiger partial charge < -0.3 is 15.3 Å². The molecule has 1 aliphatic rings. The number of rotatable bonds is 4. The zero-order valence-corrected chi connectivity index (χ0v) is 12.6. The standard InChI is InChI=1S/C16H25FN2O/c1-11(18-14-6-4-5-7-16(14)20)13-9-8-12(17)10-15(13)19(2)3/h8-11,14,16,18,20H,4-7H2,1-3H3. The Bertz CT molecular complexity index is 450. The Morgan fingerprint density at radius 3 is 2.65 bits per heavy atom. The van der Waals surface area contributed by atoms with Gasteiger partial charge >= 0.3 is 0 Å². The minimum atomic E-state index is -0.269. The fourth-order valence-electron chi connectivity index (χ4n) is 2.99. The van der Waals surface area contributed by atoms with Gasteiger partial charge in [0.1, 0.15) is 5.82 Å². The van der Waals surface area contributed by atoms with Crippen molar-refractivity contribution < 1.29 is 9.50 Å². The molecule has 1 saturated carbocycles. The van der Waals surface area contributed by atoms with Crippen LogP contribution in [-0.2, 0) is 0 Å². The second-order valence-electron chi connectivity index (χ2n) is 5.94. The number of nitrogens with one attached hydrogen (secondary N) is 1. The van der Waals surface area contributed by atoms with Gasteiger partial charge in [0.15, 0.2) is 0 Å². The van der Waals surface area contributed by atoms with E-state index >= 15 is 0 Å². The quantitative estimate of drug-likeness (QED) is 0.890. The molecule has 4 heteroatoms. The number of nitrogens with zero attached hydrogens (tertiary/aromatic N) is 1. The number of hydrogen-bond donors (Lipinski definition) is 2. The molecule has 1 aliphatic carbocycles. The van der Waals surface area contributed by atoms with Gasteiger partial charge in [-0.3, -0.25) is 0 Å². The van der Waals surface area contributed by atoms with E-state index < -0.39 is 0 Å². The van der Waals surface area contributed by atoms with Crippen molar-refractivity contribution in [3.05, 3.63) is 29.6 Å². The second kappa shape index (κ2) is 6.55. The van der Waals surface area contributed by atoms with Gasteiger partial charge in [-0.1, -0.05) is 18.9 Å². The summed E-state index contributed by atoms with van der Waals surface area (Å²) < 4.78 is 13.4. The molecule has 0 bridgehead atoms. The van der Waals surface area contributed by atoms with Gasteiger partial charge in [0.05, 0.1) is 6.10 Å². The number of benzene rings is 1. The minimum absolute atomic E-state index is 0.0887. The molecule has 0 amide bonds. The first kappa shape index (κ1) is 15.3. The van der Waals surface area contributed by atoms with Gasteiger partial charge in [0, 0.05) is 31.9 Å². The highest BCUT2D eigenvalue weighted by Crippen LogP contribution is 2.28. The van der Waals surface area contributed by atoms with E-state index in [0.717, 1.165) is 36.9 Å². The molecule has 112 valence electrons. The molecule has 1 aromatic rings. The van der Waals surface area contributed by atoms with Gasteiger partial charge in [-0.05, 0) is 37.5 Å². The highest BCUT2D eigenvalue weighted by atomic mass is 19.1. The molecule has 20 heavy (non-hydrogen) atoms. The predicted molar refractivity (Wildman–Crippen MR) is 80.5 cm³/mol. The maximum Gasteiger partial charge on any atom is 0.125 e. The van der Waals surface area contributed by atoms with Gasteiger partial charge in [-0.2, -0.15) is 0 Å². The number of aliphatic hydroxyl groups excluding tert-OH is 1. The smallest absolute Gasteiger partial charge is 0.125 e. The highest BCUT2D eigenvalue weighted by molar-refractivity contribution is 5.54. The first-order chi connectivity index (χ1) is 9.49. The summed E-state index contributed by atoms with van der Waals surface area (Å²) in [6, 6.07) is 5.12. The molecule has 0 radical (unpaired) electrons. The molecule has 3 nitrogen and oxygen atoms in total. The van der Waals surface area contributed by atoms with Crippen LogP contribution in [0.3, 0.4) is 0 Å². The van der Waals surface area contributed by atoms with Crippen LogP contribution in [0.5, 0.6) is 0 Å². The predicted octanol–water partition coefficient (Wildman–Crippen LogP) is 2.85. The molecular formula is C16H25FN2O. The third-order valence-electron chi connectivity index (χ3n) is 4.13. The molecule has 0 aliphatic heterocycles. The van der Waals surface area contributed by atoms with Gasteiger partial charge in [-0.25, -0.2) is 4.39 Å². The van der Waals surface area contributed by atoms with E-state index in [0.29, 0.717) is 0 Å². The first-order valence-corrected chi connectivity index (χ1v) is 7.40. The number of anilines is 1. The Balaban J connectivity index is 2.14. The van der Waals surface area contributed by atoms with Crippen LogP contribution in [0.2, 0.25) is 0 Å². The van der Waals surface area contributed by atoms with Crippen molar-refractivity contribution in [2.75, 3.05) is 19.0 Å². The van der Waals surface area contributed by atoms with Gasteiger partial charge in [0.25, 0.3) is 0 Å². The summed E-state index contributed by atoms with van der Waals surface area (Å²) in [5, 5.41) is 13.6. The molecular weight excluding hydrogens is 255 g/mol. The van der Waals surface area contributed by atoms with E-state index in [-0.39, 0.29) is 24.0 Å². The Hall–Kier alpha value is -1.13. The fourth-order valence-corrected chi connectivity index (χ4v) is 2.99. The van der Waals surface area contributed by atoms with Crippen molar-refractivity contribution in [1.82, 2.24) is 5.32 Å². The van der Waals surface area contributed by atoms with Crippen LogP contribution in [0.25, 0.3) is 0 Å². The van der Waals surface area contributed by atoms with Gasteiger partial charge in [0.2, 0.25) is 0 Å². The van der Waals surface area contributed by atoms with E-state index in [9.17, 15) is 9.50 Å².